The molecule has 2 aromatic carbocycles. The van der Waals surface area contributed by atoms with Gasteiger partial charge in [0.2, 0.25) is 5.91 Å². The maximum absolute atomic E-state index is 12.9. The molecule has 0 saturated heterocycles. The van der Waals surface area contributed by atoms with Crippen LogP contribution in [0, 0.1) is 5.92 Å². The maximum atomic E-state index is 12.9. The van der Waals surface area contributed by atoms with Crippen molar-refractivity contribution in [2.24, 2.45) is 5.92 Å². The molecule has 1 fully saturated rings. The zero-order chi connectivity index (χ0) is 24.2. The molecule has 1 aliphatic rings. The lowest BCUT2D eigenvalue weighted by Gasteiger charge is -2.31. The van der Waals surface area contributed by atoms with Gasteiger partial charge >= 0.3 is 5.51 Å². The second-order valence-electron chi connectivity index (χ2n) is 7.64. The van der Waals surface area contributed by atoms with Gasteiger partial charge in [0.1, 0.15) is 5.75 Å². The molecular weight excluding hydrogens is 461 g/mol. The topological polar surface area (TPSA) is 102 Å². The Hall–Kier alpha value is -3.08. The highest BCUT2D eigenvalue weighted by molar-refractivity contribution is 7.92. The van der Waals surface area contributed by atoms with Gasteiger partial charge in [-0.05, 0) is 43.2 Å². The second-order valence-corrected chi connectivity index (χ2v) is 9.58. The van der Waals surface area contributed by atoms with Gasteiger partial charge in [-0.1, -0.05) is 31.0 Å². The van der Waals surface area contributed by atoms with Gasteiger partial charge in [-0.2, -0.15) is 13.2 Å². The van der Waals surface area contributed by atoms with Crippen molar-refractivity contribution in [2.45, 2.75) is 42.1 Å². The minimum atomic E-state index is -5.54. The summed E-state index contributed by atoms with van der Waals surface area (Å²) in [5.74, 6) is -1.17. The number of carbonyl (C=O) groups excluding carboxylic acids is 2. The number of ether oxygens (including phenoxy) is 1. The highest BCUT2D eigenvalue weighted by Gasteiger charge is 2.47. The van der Waals surface area contributed by atoms with E-state index in [9.17, 15) is 31.2 Å². The van der Waals surface area contributed by atoms with Crippen molar-refractivity contribution in [1.82, 2.24) is 5.32 Å². The van der Waals surface area contributed by atoms with E-state index < -0.39 is 44.0 Å². The Kier molecular flexibility index (Phi) is 7.31. The van der Waals surface area contributed by atoms with Crippen LogP contribution in [0.5, 0.6) is 5.75 Å². The number of benzene rings is 2. The first-order chi connectivity index (χ1) is 15.5. The number of anilines is 1. The predicted octanol–water partition coefficient (Wildman–Crippen LogP) is 3.92. The van der Waals surface area contributed by atoms with Crippen LogP contribution in [0.1, 0.15) is 36.0 Å². The van der Waals surface area contributed by atoms with Crippen molar-refractivity contribution in [3.8, 4) is 5.75 Å². The van der Waals surface area contributed by atoms with E-state index in [1.807, 2.05) is 0 Å². The Morgan fingerprint density at radius 1 is 1.03 bits per heavy atom. The van der Waals surface area contributed by atoms with Crippen molar-refractivity contribution >= 4 is 27.3 Å². The number of hydrogen-bond acceptors (Lipinski definition) is 5. The third kappa shape index (κ3) is 5.47. The molecule has 11 heteroatoms. The summed E-state index contributed by atoms with van der Waals surface area (Å²) < 4.78 is 67.1. The molecule has 1 saturated carbocycles. The maximum Gasteiger partial charge on any atom is 0.501 e. The molecule has 0 spiro atoms. The van der Waals surface area contributed by atoms with Crippen LogP contribution in [0.2, 0.25) is 0 Å². The molecule has 2 atom stereocenters. The fourth-order valence-corrected chi connectivity index (χ4v) is 4.61. The summed E-state index contributed by atoms with van der Waals surface area (Å²) in [6.45, 7) is 0. The molecule has 2 aromatic rings. The molecular formula is C22H23F3N2O5S. The molecule has 33 heavy (non-hydrogen) atoms. The fraction of sp³-hybridized carbons (Fsp3) is 0.364. The van der Waals surface area contributed by atoms with E-state index in [0.717, 1.165) is 31.0 Å². The van der Waals surface area contributed by atoms with E-state index in [1.165, 1.54) is 13.2 Å². The summed E-state index contributed by atoms with van der Waals surface area (Å²) >= 11 is 0. The van der Waals surface area contributed by atoms with E-state index >= 15 is 0 Å². The molecule has 7 nitrogen and oxygen atoms in total. The van der Waals surface area contributed by atoms with Gasteiger partial charge in [-0.3, -0.25) is 9.59 Å². The quantitative estimate of drug-likeness (QED) is 0.647. The van der Waals surface area contributed by atoms with Crippen LogP contribution < -0.4 is 15.4 Å². The summed E-state index contributed by atoms with van der Waals surface area (Å²) in [5.41, 5.74) is -5.21. The third-order valence-corrected chi connectivity index (χ3v) is 6.97. The second kappa shape index (κ2) is 9.82. The largest absolute Gasteiger partial charge is 0.501 e. The van der Waals surface area contributed by atoms with Crippen molar-refractivity contribution in [3.63, 3.8) is 0 Å². The summed E-state index contributed by atoms with van der Waals surface area (Å²) in [4.78, 5) is 24.7. The first-order valence-electron chi connectivity index (χ1n) is 10.2. The van der Waals surface area contributed by atoms with Gasteiger partial charge in [0, 0.05) is 11.7 Å². The lowest BCUT2D eigenvalue weighted by atomic mass is 9.83. The molecule has 3 rings (SSSR count). The number of methoxy groups -OCH3 is 1. The molecule has 0 unspecified atom stereocenters. The number of para-hydroxylation sites is 1. The number of nitrogens with one attached hydrogen (secondary N) is 2. The first kappa shape index (κ1) is 24.6. The van der Waals surface area contributed by atoms with Gasteiger partial charge in [0.25, 0.3) is 15.7 Å². The van der Waals surface area contributed by atoms with E-state index in [2.05, 4.69) is 10.6 Å². The molecule has 0 aliphatic heterocycles. The molecule has 0 aromatic heterocycles. The van der Waals surface area contributed by atoms with Crippen LogP contribution in [-0.4, -0.2) is 38.9 Å². The highest BCUT2D eigenvalue weighted by atomic mass is 32.2. The lowest BCUT2D eigenvalue weighted by Crippen LogP contribution is -2.46. The van der Waals surface area contributed by atoms with Crippen molar-refractivity contribution < 1.29 is 35.9 Å². The van der Waals surface area contributed by atoms with Gasteiger partial charge in [0.05, 0.1) is 23.5 Å². The Balaban J connectivity index is 1.76. The van der Waals surface area contributed by atoms with E-state index in [-0.39, 0.29) is 5.69 Å². The number of carbonyl (C=O) groups is 2. The van der Waals surface area contributed by atoms with Crippen LogP contribution >= 0.6 is 0 Å². The van der Waals surface area contributed by atoms with Crippen LogP contribution in [0.15, 0.2) is 53.4 Å². The molecule has 0 bridgehead atoms. The van der Waals surface area contributed by atoms with Gasteiger partial charge in [0.15, 0.2) is 0 Å². The summed E-state index contributed by atoms with van der Waals surface area (Å²) in [5, 5.41) is 5.35. The van der Waals surface area contributed by atoms with E-state index in [1.54, 1.807) is 24.3 Å². The minimum Gasteiger partial charge on any atom is -0.496 e. The number of sulfone groups is 1. The smallest absolute Gasteiger partial charge is 0.496 e. The number of alkyl halides is 3. The molecule has 1 aliphatic carbocycles. The Morgan fingerprint density at radius 2 is 1.73 bits per heavy atom. The van der Waals surface area contributed by atoms with E-state index in [0.29, 0.717) is 24.2 Å². The van der Waals surface area contributed by atoms with Crippen LogP contribution in [0.3, 0.4) is 0 Å². The number of amides is 2. The zero-order valence-corrected chi connectivity index (χ0v) is 18.5. The highest BCUT2D eigenvalue weighted by Crippen LogP contribution is 2.32. The van der Waals surface area contributed by atoms with Crippen LogP contribution in [0.4, 0.5) is 18.9 Å². The number of halogens is 3. The van der Waals surface area contributed by atoms with Crippen molar-refractivity contribution in [2.75, 3.05) is 12.4 Å². The molecule has 0 heterocycles. The first-order valence-corrected chi connectivity index (χ1v) is 11.7. The Morgan fingerprint density at radius 3 is 2.42 bits per heavy atom. The minimum absolute atomic E-state index is 0.0781. The van der Waals surface area contributed by atoms with Gasteiger partial charge in [-0.25, -0.2) is 8.42 Å². The van der Waals surface area contributed by atoms with Crippen molar-refractivity contribution in [3.05, 3.63) is 54.1 Å². The average Bonchev–Trinajstić information content (AvgIpc) is 2.78. The lowest BCUT2D eigenvalue weighted by molar-refractivity contribution is -0.121. The van der Waals surface area contributed by atoms with Gasteiger partial charge < -0.3 is 15.4 Å². The number of hydrogen-bond donors (Lipinski definition) is 2. The number of rotatable bonds is 6. The monoisotopic (exact) mass is 484 g/mol. The molecule has 2 amide bonds. The normalized spacial score (nSPS) is 18.9. The van der Waals surface area contributed by atoms with Gasteiger partial charge in [-0.15, -0.1) is 0 Å². The molecule has 2 N–H and O–H groups in total. The molecule has 0 radical (unpaired) electrons. The Labute approximate surface area is 189 Å². The summed E-state index contributed by atoms with van der Waals surface area (Å²) in [6.07, 6.45) is 2.53. The third-order valence-electron chi connectivity index (χ3n) is 5.49. The zero-order valence-electron chi connectivity index (χ0n) is 17.7. The standard InChI is InChI=1S/C22H23F3N2O5S/c1-32-19-12-5-3-10-17(19)21(29)27-18-11-4-2-9-16(18)20(28)26-14-7-6-8-15(13-14)33(30,31)22(23,24)25/h3,5-8,10,12-13,16,18H,2,4,9,11H2,1H3,(H,26,28)(H,27,29)/t16-,18+/m0/s1. The average molecular weight is 484 g/mol. The Bertz CT molecular complexity index is 1130. The van der Waals surface area contributed by atoms with Crippen LogP contribution in [-0.2, 0) is 14.6 Å². The van der Waals surface area contributed by atoms with Crippen molar-refractivity contribution in [1.29, 1.82) is 0 Å². The fourth-order valence-electron chi connectivity index (χ4n) is 3.81. The predicted molar refractivity (Wildman–Crippen MR) is 115 cm³/mol. The van der Waals surface area contributed by atoms with E-state index in [4.69, 9.17) is 4.74 Å². The molecule has 178 valence electrons. The summed E-state index contributed by atoms with van der Waals surface area (Å²) in [7, 11) is -4.10. The SMILES string of the molecule is COc1ccccc1C(=O)N[C@@H]1CCCC[C@@H]1C(=O)Nc1cccc(S(=O)(=O)C(F)(F)F)c1. The summed E-state index contributed by atoms with van der Waals surface area (Å²) in [6, 6.07) is 10.2. The van der Waals surface area contributed by atoms with Crippen LogP contribution in [0.25, 0.3) is 0 Å².